The summed E-state index contributed by atoms with van der Waals surface area (Å²) in [6, 6.07) is 7.32. The number of hydrogen-bond donors (Lipinski definition) is 2. The number of aromatic nitrogens is 2. The van der Waals surface area contributed by atoms with Crippen molar-refractivity contribution in [2.45, 2.75) is 6.42 Å². The fourth-order valence-electron chi connectivity index (χ4n) is 3.76. The van der Waals surface area contributed by atoms with Crippen LogP contribution in [0.4, 0.5) is 5.69 Å². The molecule has 7 heteroatoms. The number of fused-ring (bicyclic) bond motifs is 2. The molecule has 4 unspecified atom stereocenters. The number of carbonyl (C=O) groups is 2. The molecular weight excluding hydrogens is 326 g/mol. The number of nitrogens with one attached hydrogen (secondary N) is 1. The molecule has 1 aromatic carbocycles. The van der Waals surface area contributed by atoms with E-state index in [0.717, 1.165) is 17.7 Å². The molecule has 0 radical (unpaired) electrons. The summed E-state index contributed by atoms with van der Waals surface area (Å²) in [6.07, 6.45) is 4.67. The molecule has 2 aliphatic carbocycles. The summed E-state index contributed by atoms with van der Waals surface area (Å²) in [4.78, 5) is 24.1. The third-order valence-corrected chi connectivity index (χ3v) is 5.36. The lowest BCUT2D eigenvalue weighted by Crippen LogP contribution is -2.36. The number of nitrogens with zero attached hydrogens (tertiary/aromatic N) is 2. The maximum atomic E-state index is 12.6. The predicted octanol–water partition coefficient (Wildman–Crippen LogP) is 2.67. The van der Waals surface area contributed by atoms with Crippen LogP contribution < -0.4 is 5.32 Å². The Hall–Kier alpha value is -2.54. The molecule has 0 aliphatic heterocycles. The van der Waals surface area contributed by atoms with E-state index in [4.69, 9.17) is 0 Å². The fraction of sp³-hybridized carbons (Fsp3) is 0.294. The number of benzene rings is 1. The standard InChI is InChI=1S/C17H15N3O3S/c21-16(14-10-1-2-11(7-10)15(14)17(22)23)18-12-5-3-9(4-6-12)13-8-24-20-19-13/h1-6,8,10-11,14-15H,7H2,(H,18,21)(H,22,23). The quantitative estimate of drug-likeness (QED) is 0.834. The van der Waals surface area contributed by atoms with Gasteiger partial charge in [0, 0.05) is 16.6 Å². The van der Waals surface area contributed by atoms with Crippen LogP contribution in [0.25, 0.3) is 11.3 Å². The summed E-state index contributed by atoms with van der Waals surface area (Å²) in [7, 11) is 0. The fourth-order valence-corrected chi connectivity index (χ4v) is 4.22. The van der Waals surface area contributed by atoms with E-state index in [-0.39, 0.29) is 17.7 Å². The molecule has 1 fully saturated rings. The van der Waals surface area contributed by atoms with Gasteiger partial charge in [0.15, 0.2) is 0 Å². The summed E-state index contributed by atoms with van der Waals surface area (Å²) in [5.74, 6) is -2.24. The molecule has 4 rings (SSSR count). The van der Waals surface area contributed by atoms with Crippen LogP contribution in [0.1, 0.15) is 6.42 Å². The zero-order valence-corrected chi connectivity index (χ0v) is 13.4. The molecule has 1 aromatic heterocycles. The van der Waals surface area contributed by atoms with Gasteiger partial charge in [-0.25, -0.2) is 0 Å². The molecule has 0 spiro atoms. The minimum absolute atomic E-state index is 0.0245. The summed E-state index contributed by atoms with van der Waals surface area (Å²) in [6.45, 7) is 0. The molecule has 0 saturated heterocycles. The number of hydrogen-bond acceptors (Lipinski definition) is 5. The monoisotopic (exact) mass is 341 g/mol. The molecule has 2 aromatic rings. The average Bonchev–Trinajstić information content (AvgIpc) is 3.31. The van der Waals surface area contributed by atoms with Crippen molar-refractivity contribution < 1.29 is 14.7 Å². The van der Waals surface area contributed by atoms with E-state index >= 15 is 0 Å². The topological polar surface area (TPSA) is 92.2 Å². The zero-order valence-electron chi connectivity index (χ0n) is 12.6. The van der Waals surface area contributed by atoms with Gasteiger partial charge in [-0.15, -0.1) is 5.10 Å². The summed E-state index contributed by atoms with van der Waals surface area (Å²) >= 11 is 1.28. The van der Waals surface area contributed by atoms with E-state index in [1.165, 1.54) is 11.5 Å². The molecule has 4 atom stereocenters. The Labute approximate surface area is 142 Å². The highest BCUT2D eigenvalue weighted by atomic mass is 32.1. The Morgan fingerprint density at radius 1 is 1.12 bits per heavy atom. The van der Waals surface area contributed by atoms with Gasteiger partial charge in [0.25, 0.3) is 0 Å². The Balaban J connectivity index is 1.50. The molecule has 6 nitrogen and oxygen atoms in total. The SMILES string of the molecule is O=C(O)C1C2C=CC(C2)C1C(=O)Nc1ccc(-c2csnn2)cc1. The van der Waals surface area contributed by atoms with Gasteiger partial charge in [0.05, 0.1) is 11.8 Å². The summed E-state index contributed by atoms with van der Waals surface area (Å²) in [5.41, 5.74) is 2.37. The van der Waals surface area contributed by atoms with Crippen LogP contribution in [0.15, 0.2) is 41.8 Å². The van der Waals surface area contributed by atoms with E-state index in [9.17, 15) is 14.7 Å². The van der Waals surface area contributed by atoms with Crippen LogP contribution in [0.2, 0.25) is 0 Å². The first-order chi connectivity index (χ1) is 11.6. The minimum atomic E-state index is -0.890. The Morgan fingerprint density at radius 2 is 1.83 bits per heavy atom. The summed E-state index contributed by atoms with van der Waals surface area (Å²) in [5, 5.41) is 18.2. The lowest BCUT2D eigenvalue weighted by Gasteiger charge is -2.23. The first-order valence-corrected chi connectivity index (χ1v) is 8.56. The van der Waals surface area contributed by atoms with Crippen molar-refractivity contribution in [1.82, 2.24) is 9.59 Å². The maximum absolute atomic E-state index is 12.6. The van der Waals surface area contributed by atoms with E-state index in [1.807, 2.05) is 29.7 Å². The third kappa shape index (κ3) is 2.50. The number of allylic oxidation sites excluding steroid dienone is 2. The normalized spacial score (nSPS) is 27.3. The molecule has 1 heterocycles. The Kier molecular flexibility index (Phi) is 3.65. The van der Waals surface area contributed by atoms with Crippen molar-refractivity contribution in [2.24, 2.45) is 23.7 Å². The van der Waals surface area contributed by atoms with Gasteiger partial charge in [0.2, 0.25) is 5.91 Å². The van der Waals surface area contributed by atoms with Crippen molar-refractivity contribution in [1.29, 1.82) is 0 Å². The second-order valence-electron chi connectivity index (χ2n) is 6.19. The van der Waals surface area contributed by atoms with Gasteiger partial charge >= 0.3 is 5.97 Å². The highest BCUT2D eigenvalue weighted by molar-refractivity contribution is 7.03. The number of rotatable bonds is 4. The predicted molar refractivity (Wildman–Crippen MR) is 89.3 cm³/mol. The number of carboxylic acid groups (broad SMARTS) is 1. The van der Waals surface area contributed by atoms with Gasteiger partial charge in [-0.1, -0.05) is 28.8 Å². The largest absolute Gasteiger partial charge is 0.481 e. The second kappa shape index (κ2) is 5.83. The van der Waals surface area contributed by atoms with E-state index in [2.05, 4.69) is 14.9 Å². The minimum Gasteiger partial charge on any atom is -0.481 e. The van der Waals surface area contributed by atoms with E-state index < -0.39 is 17.8 Å². The number of amides is 1. The highest BCUT2D eigenvalue weighted by Gasteiger charge is 2.51. The van der Waals surface area contributed by atoms with Crippen molar-refractivity contribution in [3.63, 3.8) is 0 Å². The van der Waals surface area contributed by atoms with Crippen LogP contribution in [0.5, 0.6) is 0 Å². The Bertz CT molecular complexity index is 801. The molecule has 2 bridgehead atoms. The van der Waals surface area contributed by atoms with Crippen LogP contribution in [0, 0.1) is 23.7 Å². The first-order valence-electron chi connectivity index (χ1n) is 7.73. The first kappa shape index (κ1) is 15.0. The maximum Gasteiger partial charge on any atom is 0.307 e. The van der Waals surface area contributed by atoms with Gasteiger partial charge in [0.1, 0.15) is 5.69 Å². The van der Waals surface area contributed by atoms with Crippen molar-refractivity contribution in [3.05, 3.63) is 41.8 Å². The van der Waals surface area contributed by atoms with Crippen LogP contribution in [-0.4, -0.2) is 26.6 Å². The highest BCUT2D eigenvalue weighted by Crippen LogP contribution is 2.48. The lowest BCUT2D eigenvalue weighted by atomic mass is 9.82. The molecule has 1 amide bonds. The number of carbonyl (C=O) groups excluding carboxylic acids is 1. The molecule has 24 heavy (non-hydrogen) atoms. The van der Waals surface area contributed by atoms with Gasteiger partial charge < -0.3 is 10.4 Å². The molecule has 1 saturated carbocycles. The van der Waals surface area contributed by atoms with E-state index in [0.29, 0.717) is 5.69 Å². The molecular formula is C17H15N3O3S. The molecule has 122 valence electrons. The molecule has 2 aliphatic rings. The molecule has 2 N–H and O–H groups in total. The lowest BCUT2D eigenvalue weighted by molar-refractivity contribution is -0.146. The van der Waals surface area contributed by atoms with Gasteiger partial charge in [-0.05, 0) is 41.9 Å². The number of anilines is 1. The van der Waals surface area contributed by atoms with Crippen molar-refractivity contribution >= 4 is 29.1 Å². The van der Waals surface area contributed by atoms with E-state index in [1.54, 1.807) is 12.1 Å². The smallest absolute Gasteiger partial charge is 0.307 e. The van der Waals surface area contributed by atoms with Crippen molar-refractivity contribution in [2.75, 3.05) is 5.32 Å². The van der Waals surface area contributed by atoms with Gasteiger partial charge in [-0.2, -0.15) is 0 Å². The number of aliphatic carboxylic acids is 1. The summed E-state index contributed by atoms with van der Waals surface area (Å²) < 4.78 is 3.83. The van der Waals surface area contributed by atoms with Gasteiger partial charge in [-0.3, -0.25) is 9.59 Å². The van der Waals surface area contributed by atoms with Crippen LogP contribution in [-0.2, 0) is 9.59 Å². The second-order valence-corrected chi connectivity index (χ2v) is 6.80. The average molecular weight is 341 g/mol. The third-order valence-electron chi connectivity index (χ3n) is 4.86. The zero-order chi connectivity index (χ0) is 16.7. The van der Waals surface area contributed by atoms with Crippen LogP contribution >= 0.6 is 11.5 Å². The van der Waals surface area contributed by atoms with Crippen LogP contribution in [0.3, 0.4) is 0 Å². The number of carboxylic acids is 1. The Morgan fingerprint density at radius 3 is 2.46 bits per heavy atom. The van der Waals surface area contributed by atoms with Crippen molar-refractivity contribution in [3.8, 4) is 11.3 Å².